The number of hydrogen-bond acceptors (Lipinski definition) is 7. The van der Waals surface area contributed by atoms with Gasteiger partial charge in [-0.05, 0) is 36.6 Å². The van der Waals surface area contributed by atoms with Crippen molar-refractivity contribution in [2.75, 3.05) is 26.8 Å². The number of benzene rings is 1. The number of nitrogens with one attached hydrogen (secondary N) is 1. The van der Waals surface area contributed by atoms with Gasteiger partial charge in [-0.1, -0.05) is 32.3 Å². The molecule has 0 spiro atoms. The largest absolute Gasteiger partial charge is 0.493 e. The molecule has 3 rings (SSSR count). The molecule has 0 bridgehead atoms. The highest BCUT2D eigenvalue weighted by molar-refractivity contribution is 5.96. The van der Waals surface area contributed by atoms with E-state index in [-0.39, 0.29) is 32.1 Å². The second kappa shape index (κ2) is 13.6. The summed E-state index contributed by atoms with van der Waals surface area (Å²) in [5, 5.41) is 33.3. The van der Waals surface area contributed by atoms with Gasteiger partial charge in [0.15, 0.2) is 11.5 Å². The summed E-state index contributed by atoms with van der Waals surface area (Å²) in [6.07, 6.45) is 6.00. The number of aliphatic hydroxyl groups is 3. The Hall–Kier alpha value is -2.88. The standard InChI is InChI=1S/C28H40N2O7/c1-4-6-8-9-12-30(23(33)10-7-5-2)21-16-20(28(35)29-11-13-31)24-19-14-18(17-32)15-22(36-3)26(19)37-27(24)25(21)34/h5,14-16,21,24-25,27,31-32,34H,2,4,6-13,17H2,1,3H3,(H,29,35). The van der Waals surface area contributed by atoms with Crippen molar-refractivity contribution in [1.29, 1.82) is 0 Å². The number of amides is 2. The van der Waals surface area contributed by atoms with Gasteiger partial charge in [0.25, 0.3) is 0 Å². The average Bonchev–Trinajstić information content (AvgIpc) is 3.30. The Kier molecular flexibility index (Phi) is 10.5. The number of methoxy groups -OCH3 is 1. The van der Waals surface area contributed by atoms with E-state index in [0.29, 0.717) is 41.2 Å². The van der Waals surface area contributed by atoms with Gasteiger partial charge in [-0.15, -0.1) is 6.58 Å². The van der Waals surface area contributed by atoms with Gasteiger partial charge in [0, 0.05) is 30.6 Å². The smallest absolute Gasteiger partial charge is 0.247 e. The third-order valence-electron chi connectivity index (χ3n) is 6.99. The number of hydrogen-bond donors (Lipinski definition) is 4. The van der Waals surface area contributed by atoms with Crippen LogP contribution < -0.4 is 14.8 Å². The molecule has 1 aliphatic heterocycles. The van der Waals surface area contributed by atoms with Crippen molar-refractivity contribution >= 4 is 11.8 Å². The van der Waals surface area contributed by atoms with Crippen LogP contribution in [-0.2, 0) is 16.2 Å². The number of ether oxygens (including phenoxy) is 2. The van der Waals surface area contributed by atoms with Gasteiger partial charge in [-0.3, -0.25) is 9.59 Å². The maximum Gasteiger partial charge on any atom is 0.247 e. The maximum atomic E-state index is 13.3. The summed E-state index contributed by atoms with van der Waals surface area (Å²) in [6.45, 7) is 5.88. The third kappa shape index (κ3) is 6.34. The number of carbonyl (C=O) groups is 2. The Labute approximate surface area is 218 Å². The minimum atomic E-state index is -1.10. The summed E-state index contributed by atoms with van der Waals surface area (Å²) < 4.78 is 11.7. The molecule has 1 aromatic rings. The van der Waals surface area contributed by atoms with E-state index in [9.17, 15) is 24.9 Å². The van der Waals surface area contributed by atoms with Crippen LogP contribution in [0, 0.1) is 0 Å². The molecule has 1 aromatic carbocycles. The normalized spacial score (nSPS) is 21.8. The predicted octanol–water partition coefficient (Wildman–Crippen LogP) is 2.19. The van der Waals surface area contributed by atoms with E-state index < -0.39 is 30.1 Å². The van der Waals surface area contributed by atoms with Crippen LogP contribution in [0.1, 0.15) is 62.5 Å². The fourth-order valence-electron chi connectivity index (χ4n) is 5.14. The lowest BCUT2D eigenvalue weighted by atomic mass is 9.77. The molecular formula is C28H40N2O7. The van der Waals surface area contributed by atoms with E-state index in [1.807, 2.05) is 0 Å². The van der Waals surface area contributed by atoms with E-state index >= 15 is 0 Å². The number of rotatable bonds is 14. The zero-order valence-electron chi connectivity index (χ0n) is 21.8. The first kappa shape index (κ1) is 28.7. The first-order valence-corrected chi connectivity index (χ1v) is 13.1. The second-order valence-electron chi connectivity index (χ2n) is 9.49. The molecule has 4 N–H and O–H groups in total. The molecule has 0 radical (unpaired) electrons. The Balaban J connectivity index is 2.06. The van der Waals surface area contributed by atoms with Crippen LogP contribution in [0.2, 0.25) is 0 Å². The molecule has 204 valence electrons. The van der Waals surface area contributed by atoms with Crippen LogP contribution in [0.5, 0.6) is 11.5 Å². The molecular weight excluding hydrogens is 476 g/mol. The van der Waals surface area contributed by atoms with Crippen LogP contribution in [0.25, 0.3) is 0 Å². The molecule has 0 saturated heterocycles. The number of aliphatic hydroxyl groups excluding tert-OH is 3. The van der Waals surface area contributed by atoms with Gasteiger partial charge in [0.2, 0.25) is 11.8 Å². The molecule has 0 fully saturated rings. The average molecular weight is 517 g/mol. The molecule has 0 aromatic heterocycles. The van der Waals surface area contributed by atoms with Gasteiger partial charge in [0.05, 0.1) is 32.3 Å². The topological polar surface area (TPSA) is 129 Å². The highest BCUT2D eigenvalue weighted by atomic mass is 16.5. The van der Waals surface area contributed by atoms with Gasteiger partial charge in [-0.2, -0.15) is 0 Å². The summed E-state index contributed by atoms with van der Waals surface area (Å²) in [7, 11) is 1.49. The lowest BCUT2D eigenvalue weighted by Crippen LogP contribution is -2.56. The van der Waals surface area contributed by atoms with E-state index in [0.717, 1.165) is 25.7 Å². The Bertz CT molecular complexity index is 993. The van der Waals surface area contributed by atoms with Crippen molar-refractivity contribution in [3.63, 3.8) is 0 Å². The van der Waals surface area contributed by atoms with Gasteiger partial charge < -0.3 is 35.0 Å². The van der Waals surface area contributed by atoms with Crippen LogP contribution in [0.15, 0.2) is 36.4 Å². The predicted molar refractivity (Wildman–Crippen MR) is 139 cm³/mol. The van der Waals surface area contributed by atoms with Crippen molar-refractivity contribution in [2.24, 2.45) is 0 Å². The van der Waals surface area contributed by atoms with Crippen molar-refractivity contribution in [1.82, 2.24) is 10.2 Å². The summed E-state index contributed by atoms with van der Waals surface area (Å²) >= 11 is 0. The fourth-order valence-corrected chi connectivity index (χ4v) is 5.14. The molecule has 9 heteroatoms. The highest BCUT2D eigenvalue weighted by Crippen LogP contribution is 2.51. The zero-order valence-corrected chi connectivity index (χ0v) is 21.8. The highest BCUT2D eigenvalue weighted by Gasteiger charge is 2.51. The molecule has 4 unspecified atom stereocenters. The third-order valence-corrected chi connectivity index (χ3v) is 6.99. The quantitative estimate of drug-likeness (QED) is 0.220. The van der Waals surface area contributed by atoms with Gasteiger partial charge in [0.1, 0.15) is 12.2 Å². The molecule has 4 atom stereocenters. The van der Waals surface area contributed by atoms with Crippen molar-refractivity contribution in [3.05, 3.63) is 47.6 Å². The summed E-state index contributed by atoms with van der Waals surface area (Å²) in [4.78, 5) is 28.2. The van der Waals surface area contributed by atoms with Crippen LogP contribution in [0.4, 0.5) is 0 Å². The molecule has 1 aliphatic carbocycles. The molecule has 1 heterocycles. The van der Waals surface area contributed by atoms with Gasteiger partial charge >= 0.3 is 0 Å². The molecule has 9 nitrogen and oxygen atoms in total. The Morgan fingerprint density at radius 3 is 2.68 bits per heavy atom. The zero-order chi connectivity index (χ0) is 26.9. The lowest BCUT2D eigenvalue weighted by molar-refractivity contribution is -0.137. The summed E-state index contributed by atoms with van der Waals surface area (Å²) in [5.41, 5.74) is 1.56. The second-order valence-corrected chi connectivity index (χ2v) is 9.49. The Morgan fingerprint density at radius 2 is 2.03 bits per heavy atom. The monoisotopic (exact) mass is 516 g/mol. The number of nitrogens with zero attached hydrogens (tertiary/aromatic N) is 1. The minimum absolute atomic E-state index is 0.0630. The van der Waals surface area contributed by atoms with E-state index in [4.69, 9.17) is 9.47 Å². The van der Waals surface area contributed by atoms with E-state index in [2.05, 4.69) is 18.8 Å². The van der Waals surface area contributed by atoms with Crippen molar-refractivity contribution in [2.45, 2.75) is 76.2 Å². The fraction of sp³-hybridized carbons (Fsp3) is 0.571. The molecule has 2 aliphatic rings. The maximum absolute atomic E-state index is 13.3. The molecule has 37 heavy (non-hydrogen) atoms. The Morgan fingerprint density at radius 1 is 1.24 bits per heavy atom. The number of fused-ring (bicyclic) bond motifs is 3. The minimum Gasteiger partial charge on any atom is -0.493 e. The first-order valence-electron chi connectivity index (χ1n) is 13.1. The number of carbonyl (C=O) groups excluding carboxylic acids is 2. The van der Waals surface area contributed by atoms with Crippen LogP contribution in [-0.4, -0.2) is 77.1 Å². The summed E-state index contributed by atoms with van der Waals surface area (Å²) in [5.74, 6) is -0.363. The van der Waals surface area contributed by atoms with Gasteiger partial charge in [-0.25, -0.2) is 0 Å². The molecule has 2 amide bonds. The number of unbranched alkanes of at least 4 members (excludes halogenated alkanes) is 3. The number of allylic oxidation sites excluding steroid dienone is 1. The summed E-state index contributed by atoms with van der Waals surface area (Å²) in [6, 6.07) is 2.64. The first-order chi connectivity index (χ1) is 17.9. The van der Waals surface area contributed by atoms with Crippen molar-refractivity contribution < 1.29 is 34.4 Å². The SMILES string of the molecule is C=CCCC(=O)N(CCCCCC)C1C=C(C(=O)NCCO)C2c3cc(CO)cc(OC)c3OC2C1O. The van der Waals surface area contributed by atoms with Crippen LogP contribution in [0.3, 0.4) is 0 Å². The van der Waals surface area contributed by atoms with E-state index in [1.165, 1.54) is 7.11 Å². The molecule has 0 saturated carbocycles. The lowest BCUT2D eigenvalue weighted by Gasteiger charge is -2.41. The van der Waals surface area contributed by atoms with Crippen LogP contribution >= 0.6 is 0 Å². The van der Waals surface area contributed by atoms with Crippen molar-refractivity contribution in [3.8, 4) is 11.5 Å². The van der Waals surface area contributed by atoms with E-state index in [1.54, 1.807) is 29.2 Å².